The number of ether oxygens (including phenoxy) is 3. The van der Waals surface area contributed by atoms with Crippen LogP contribution in [-0.4, -0.2) is 53.9 Å². The molecule has 0 amide bonds. The molecule has 2 aromatic carbocycles. The van der Waals surface area contributed by atoms with Crippen molar-refractivity contribution in [1.29, 1.82) is 0 Å². The van der Waals surface area contributed by atoms with Crippen molar-refractivity contribution in [2.75, 3.05) is 43.5 Å². The smallest absolute Gasteiger partial charge is 0.416 e. The van der Waals surface area contributed by atoms with E-state index in [1.165, 1.54) is 33.1 Å². The van der Waals surface area contributed by atoms with E-state index < -0.39 is 33.3 Å². The Morgan fingerprint density at radius 1 is 1.19 bits per heavy atom. The highest BCUT2D eigenvalue weighted by atomic mass is 32.2. The Hall–Kier alpha value is -3.43. The molecule has 2 aromatic rings. The second-order valence-corrected chi connectivity index (χ2v) is 10.0. The molecule has 0 aromatic heterocycles. The monoisotopic (exact) mass is 526 g/mol. The number of nitrogens with zero attached hydrogens (tertiary/aromatic N) is 1. The van der Waals surface area contributed by atoms with Crippen molar-refractivity contribution >= 4 is 27.4 Å². The van der Waals surface area contributed by atoms with Gasteiger partial charge in [-0.3, -0.25) is 4.72 Å². The fourth-order valence-electron chi connectivity index (χ4n) is 3.27. The van der Waals surface area contributed by atoms with Crippen LogP contribution in [0.4, 0.5) is 24.5 Å². The van der Waals surface area contributed by atoms with E-state index in [2.05, 4.69) is 21.3 Å². The van der Waals surface area contributed by atoms with Gasteiger partial charge >= 0.3 is 12.1 Å². The zero-order valence-electron chi connectivity index (χ0n) is 20.0. The Kier molecular flexibility index (Phi) is 7.76. The van der Waals surface area contributed by atoms with Gasteiger partial charge in [0.05, 0.1) is 35.5 Å². The number of carbonyl (C=O) groups excluding carboxylic acids is 1. The molecule has 12 heteroatoms. The van der Waals surface area contributed by atoms with E-state index >= 15 is 0 Å². The lowest BCUT2D eigenvalue weighted by Gasteiger charge is -2.27. The molecule has 0 saturated carbocycles. The predicted octanol–water partition coefficient (Wildman–Crippen LogP) is 3.65. The van der Waals surface area contributed by atoms with Crippen molar-refractivity contribution in [1.82, 2.24) is 0 Å². The van der Waals surface area contributed by atoms with Crippen LogP contribution in [0.5, 0.6) is 5.75 Å². The maximum absolute atomic E-state index is 13.3. The SMILES string of the molecule is COC(=O)C(C)(C)OCC#Cc1cc(C(F)(F)F)ccc1NS(=O)(=O)c1ccc2c(c1)OCCN2C. The number of fused-ring (bicyclic) bond motifs is 1. The zero-order valence-corrected chi connectivity index (χ0v) is 20.8. The van der Waals surface area contributed by atoms with E-state index in [4.69, 9.17) is 9.47 Å². The second-order valence-electron chi connectivity index (χ2n) is 8.36. The van der Waals surface area contributed by atoms with Crippen molar-refractivity contribution in [3.8, 4) is 17.6 Å². The van der Waals surface area contributed by atoms with E-state index in [1.807, 2.05) is 11.9 Å². The van der Waals surface area contributed by atoms with Crippen LogP contribution in [0.15, 0.2) is 41.3 Å². The lowest BCUT2D eigenvalue weighted by atomic mass is 10.1. The average Bonchev–Trinajstić information content (AvgIpc) is 2.81. The molecule has 8 nitrogen and oxygen atoms in total. The van der Waals surface area contributed by atoms with Crippen molar-refractivity contribution in [2.45, 2.75) is 30.5 Å². The van der Waals surface area contributed by atoms with Gasteiger partial charge in [-0.25, -0.2) is 13.2 Å². The molecule has 3 rings (SSSR count). The van der Waals surface area contributed by atoms with Gasteiger partial charge in [-0.1, -0.05) is 11.8 Å². The number of rotatable bonds is 6. The lowest BCUT2D eigenvalue weighted by molar-refractivity contribution is -0.163. The van der Waals surface area contributed by atoms with Crippen molar-refractivity contribution in [3.05, 3.63) is 47.5 Å². The van der Waals surface area contributed by atoms with Gasteiger partial charge in [0.2, 0.25) is 0 Å². The summed E-state index contributed by atoms with van der Waals surface area (Å²) in [6.07, 6.45) is -4.67. The highest BCUT2D eigenvalue weighted by Gasteiger charge is 2.32. The summed E-state index contributed by atoms with van der Waals surface area (Å²) in [5, 5.41) is 0. The van der Waals surface area contributed by atoms with E-state index in [0.29, 0.717) is 18.9 Å². The first-order chi connectivity index (χ1) is 16.7. The predicted molar refractivity (Wildman–Crippen MR) is 126 cm³/mol. The summed E-state index contributed by atoms with van der Waals surface area (Å²) in [6, 6.07) is 6.81. The number of halogens is 3. The van der Waals surface area contributed by atoms with Gasteiger partial charge in [0.15, 0.2) is 5.60 Å². The topological polar surface area (TPSA) is 94.2 Å². The molecule has 0 spiro atoms. The Morgan fingerprint density at radius 2 is 1.92 bits per heavy atom. The molecule has 0 aliphatic carbocycles. The van der Waals surface area contributed by atoms with E-state index in [9.17, 15) is 26.4 Å². The summed E-state index contributed by atoms with van der Waals surface area (Å²) in [5.41, 5.74) is -1.99. The summed E-state index contributed by atoms with van der Waals surface area (Å²) < 4.78 is 83.8. The quantitative estimate of drug-likeness (QED) is 0.454. The number of likely N-dealkylation sites (N-methyl/N-ethyl adjacent to an activating group) is 1. The first-order valence-electron chi connectivity index (χ1n) is 10.7. The lowest BCUT2D eigenvalue weighted by Crippen LogP contribution is -2.36. The molecule has 1 aliphatic heterocycles. The number of benzene rings is 2. The number of hydrogen-bond acceptors (Lipinski definition) is 7. The van der Waals surface area contributed by atoms with Crippen LogP contribution in [0.3, 0.4) is 0 Å². The summed E-state index contributed by atoms with van der Waals surface area (Å²) in [7, 11) is -1.16. The molecule has 0 bridgehead atoms. The first-order valence-corrected chi connectivity index (χ1v) is 12.2. The van der Waals surface area contributed by atoms with E-state index in [-0.39, 0.29) is 22.8 Å². The standard InChI is InChI=1S/C24H25F3N2O6S/c1-23(2,22(30)33-4)35-12-5-6-16-14-17(24(25,26)27)7-9-19(16)28-36(31,32)18-8-10-20-21(15-18)34-13-11-29(20)3/h7-10,14-15,28H,11-13H2,1-4H3. The minimum atomic E-state index is -4.67. The maximum atomic E-state index is 13.3. The minimum absolute atomic E-state index is 0.126. The molecule has 0 saturated heterocycles. The zero-order chi connectivity index (χ0) is 26.7. The largest absolute Gasteiger partial charge is 0.490 e. The van der Waals surface area contributed by atoms with Gasteiger partial charge in [-0.05, 0) is 44.2 Å². The summed E-state index contributed by atoms with van der Waals surface area (Å²) in [6.45, 7) is 3.61. The molecule has 194 valence electrons. The van der Waals surface area contributed by atoms with Crippen LogP contribution >= 0.6 is 0 Å². The molecule has 0 radical (unpaired) electrons. The number of methoxy groups -OCH3 is 1. The Morgan fingerprint density at radius 3 is 2.58 bits per heavy atom. The number of hydrogen-bond donors (Lipinski definition) is 1. The van der Waals surface area contributed by atoms with Gasteiger partial charge in [0.25, 0.3) is 10.0 Å². The molecule has 36 heavy (non-hydrogen) atoms. The van der Waals surface area contributed by atoms with Crippen LogP contribution in [0.1, 0.15) is 25.0 Å². The first kappa shape index (κ1) is 27.2. The fourth-order valence-corrected chi connectivity index (χ4v) is 4.37. The number of alkyl halides is 3. The van der Waals surface area contributed by atoms with Gasteiger partial charge in [0.1, 0.15) is 19.0 Å². The molecule has 0 atom stereocenters. The van der Waals surface area contributed by atoms with Crippen molar-refractivity contribution in [3.63, 3.8) is 0 Å². The van der Waals surface area contributed by atoms with Crippen molar-refractivity contribution in [2.24, 2.45) is 0 Å². The molecule has 1 aliphatic rings. The normalized spacial score (nSPS) is 13.7. The third-order valence-electron chi connectivity index (χ3n) is 5.33. The van der Waals surface area contributed by atoms with Gasteiger partial charge in [-0.15, -0.1) is 0 Å². The van der Waals surface area contributed by atoms with E-state index in [1.54, 1.807) is 6.07 Å². The Labute approximate surface area is 207 Å². The summed E-state index contributed by atoms with van der Waals surface area (Å²) in [4.78, 5) is 13.5. The van der Waals surface area contributed by atoms with Crippen LogP contribution in [0, 0.1) is 11.8 Å². The maximum Gasteiger partial charge on any atom is 0.416 e. The van der Waals surface area contributed by atoms with Crippen LogP contribution in [0.2, 0.25) is 0 Å². The number of nitrogens with one attached hydrogen (secondary N) is 1. The molecule has 1 heterocycles. The molecule has 0 unspecified atom stereocenters. The third-order valence-corrected chi connectivity index (χ3v) is 6.70. The number of carbonyl (C=O) groups is 1. The average molecular weight is 527 g/mol. The minimum Gasteiger partial charge on any atom is -0.490 e. The van der Waals surface area contributed by atoms with Gasteiger partial charge in [0, 0.05) is 18.7 Å². The van der Waals surface area contributed by atoms with E-state index in [0.717, 1.165) is 23.9 Å². The molecule has 0 fully saturated rings. The Balaban J connectivity index is 1.91. The molecular weight excluding hydrogens is 501 g/mol. The fraction of sp³-hybridized carbons (Fsp3) is 0.375. The summed E-state index contributed by atoms with van der Waals surface area (Å²) >= 11 is 0. The highest BCUT2D eigenvalue weighted by Crippen LogP contribution is 2.35. The van der Waals surface area contributed by atoms with Gasteiger partial charge < -0.3 is 19.1 Å². The van der Waals surface area contributed by atoms with Crippen LogP contribution in [-0.2, 0) is 30.5 Å². The number of esters is 1. The van der Waals surface area contributed by atoms with Crippen LogP contribution < -0.4 is 14.4 Å². The summed E-state index contributed by atoms with van der Waals surface area (Å²) in [5.74, 6) is 4.74. The molecular formula is C24H25F3N2O6S. The van der Waals surface area contributed by atoms with Crippen LogP contribution in [0.25, 0.3) is 0 Å². The highest BCUT2D eigenvalue weighted by molar-refractivity contribution is 7.92. The third kappa shape index (κ3) is 6.22. The van der Waals surface area contributed by atoms with Gasteiger partial charge in [-0.2, -0.15) is 13.2 Å². The number of anilines is 2. The molecule has 1 N–H and O–H groups in total. The second kappa shape index (κ2) is 10.3. The van der Waals surface area contributed by atoms with Crippen molar-refractivity contribution < 1.29 is 40.6 Å². The Bertz CT molecular complexity index is 1310. The number of sulfonamides is 1.